The van der Waals surface area contributed by atoms with Gasteiger partial charge in [-0.3, -0.25) is 4.79 Å². The Balaban J connectivity index is 2.19. The molecule has 1 amide bonds. The highest BCUT2D eigenvalue weighted by Crippen LogP contribution is 2.19. The Labute approximate surface area is 98.7 Å². The zero-order valence-corrected chi connectivity index (χ0v) is 9.48. The zero-order chi connectivity index (χ0) is 11.5. The molecule has 2 rings (SSSR count). The van der Waals surface area contributed by atoms with Gasteiger partial charge in [0.05, 0.1) is 16.6 Å². The molecular weight excluding hydrogens is 224 g/mol. The van der Waals surface area contributed by atoms with Crippen LogP contribution in [0.2, 0.25) is 0 Å². The Morgan fingerprint density at radius 1 is 1.50 bits per heavy atom. The van der Waals surface area contributed by atoms with Gasteiger partial charge in [-0.05, 0) is 12.8 Å². The molecular formula is C10H12N4OS. The Morgan fingerprint density at radius 3 is 2.81 bits per heavy atom. The summed E-state index contributed by atoms with van der Waals surface area (Å²) in [5.74, 6) is -0.101. The fourth-order valence-electron chi connectivity index (χ4n) is 1.88. The third-order valence-electron chi connectivity index (χ3n) is 2.65. The van der Waals surface area contributed by atoms with Crippen LogP contribution in [0.5, 0.6) is 0 Å². The molecule has 1 atom stereocenters. The number of aromatic nitrogens is 2. The molecule has 0 radical (unpaired) electrons. The van der Waals surface area contributed by atoms with Crippen LogP contribution in [-0.2, 0) is 0 Å². The second kappa shape index (κ2) is 4.52. The predicted molar refractivity (Wildman–Crippen MR) is 62.9 cm³/mol. The van der Waals surface area contributed by atoms with E-state index in [4.69, 9.17) is 18.0 Å². The zero-order valence-electron chi connectivity index (χ0n) is 8.67. The lowest BCUT2D eigenvalue weighted by Crippen LogP contribution is -2.42. The van der Waals surface area contributed by atoms with Crippen molar-refractivity contribution in [3.8, 4) is 0 Å². The van der Waals surface area contributed by atoms with Crippen LogP contribution in [0.1, 0.15) is 23.2 Å². The lowest BCUT2D eigenvalue weighted by molar-refractivity contribution is 0.0769. The molecule has 1 aliphatic heterocycles. The maximum atomic E-state index is 12.1. The Hall–Kier alpha value is -1.56. The highest BCUT2D eigenvalue weighted by Gasteiger charge is 2.31. The number of likely N-dealkylation sites (tertiary alicyclic amines) is 1. The molecule has 0 aromatic carbocycles. The lowest BCUT2D eigenvalue weighted by Gasteiger charge is -2.23. The largest absolute Gasteiger partial charge is 0.392 e. The van der Waals surface area contributed by atoms with Crippen LogP contribution in [0.25, 0.3) is 0 Å². The topological polar surface area (TPSA) is 72.1 Å². The first kappa shape index (κ1) is 10.9. The van der Waals surface area contributed by atoms with Crippen LogP contribution in [0.15, 0.2) is 18.7 Å². The van der Waals surface area contributed by atoms with Crippen LogP contribution in [-0.4, -0.2) is 38.4 Å². The van der Waals surface area contributed by atoms with Gasteiger partial charge in [0.1, 0.15) is 6.33 Å². The van der Waals surface area contributed by atoms with Gasteiger partial charge in [-0.1, -0.05) is 12.2 Å². The SMILES string of the molecule is NC(=S)C1CCCN1C(=O)c1cncnc1. The third kappa shape index (κ3) is 2.01. The minimum absolute atomic E-state index is 0.101. The van der Waals surface area contributed by atoms with E-state index in [2.05, 4.69) is 9.97 Å². The predicted octanol–water partition coefficient (Wildman–Crippen LogP) is 0.367. The molecule has 0 bridgehead atoms. The molecule has 0 spiro atoms. The first-order chi connectivity index (χ1) is 7.70. The maximum Gasteiger partial charge on any atom is 0.257 e. The summed E-state index contributed by atoms with van der Waals surface area (Å²) in [4.78, 5) is 21.8. The fourth-order valence-corrected chi connectivity index (χ4v) is 2.13. The van der Waals surface area contributed by atoms with Gasteiger partial charge >= 0.3 is 0 Å². The number of nitrogens with zero attached hydrogens (tertiary/aromatic N) is 3. The van der Waals surface area contributed by atoms with Crippen molar-refractivity contribution < 1.29 is 4.79 Å². The smallest absolute Gasteiger partial charge is 0.257 e. The Bertz CT molecular complexity index is 409. The van der Waals surface area contributed by atoms with Crippen molar-refractivity contribution in [3.05, 3.63) is 24.3 Å². The van der Waals surface area contributed by atoms with Crippen molar-refractivity contribution in [2.75, 3.05) is 6.54 Å². The van der Waals surface area contributed by atoms with Crippen molar-refractivity contribution >= 4 is 23.1 Å². The summed E-state index contributed by atoms with van der Waals surface area (Å²) in [7, 11) is 0. The van der Waals surface area contributed by atoms with Crippen molar-refractivity contribution in [1.29, 1.82) is 0 Å². The average Bonchev–Trinajstić information content (AvgIpc) is 2.78. The molecule has 5 nitrogen and oxygen atoms in total. The summed E-state index contributed by atoms with van der Waals surface area (Å²) in [6.07, 6.45) is 6.18. The van der Waals surface area contributed by atoms with Gasteiger partial charge in [0.2, 0.25) is 0 Å². The quantitative estimate of drug-likeness (QED) is 0.751. The normalized spacial score (nSPS) is 19.8. The van der Waals surface area contributed by atoms with E-state index in [9.17, 15) is 4.79 Å². The number of carbonyl (C=O) groups excluding carboxylic acids is 1. The monoisotopic (exact) mass is 236 g/mol. The van der Waals surface area contributed by atoms with Gasteiger partial charge in [-0.25, -0.2) is 9.97 Å². The first-order valence-corrected chi connectivity index (χ1v) is 5.46. The molecule has 1 unspecified atom stereocenters. The van der Waals surface area contributed by atoms with Crippen molar-refractivity contribution in [2.24, 2.45) is 5.73 Å². The second-order valence-electron chi connectivity index (χ2n) is 3.69. The number of hydrogen-bond acceptors (Lipinski definition) is 4. The van der Waals surface area contributed by atoms with Crippen LogP contribution < -0.4 is 5.73 Å². The molecule has 2 heterocycles. The summed E-state index contributed by atoms with van der Waals surface area (Å²) < 4.78 is 0. The van der Waals surface area contributed by atoms with E-state index in [1.54, 1.807) is 4.90 Å². The van der Waals surface area contributed by atoms with Crippen LogP contribution in [0.3, 0.4) is 0 Å². The maximum absolute atomic E-state index is 12.1. The summed E-state index contributed by atoms with van der Waals surface area (Å²) in [6, 6.07) is -0.122. The lowest BCUT2D eigenvalue weighted by atomic mass is 10.2. The molecule has 2 N–H and O–H groups in total. The van der Waals surface area contributed by atoms with E-state index in [0.29, 0.717) is 17.1 Å². The van der Waals surface area contributed by atoms with E-state index in [1.165, 1.54) is 18.7 Å². The Kier molecular flexibility index (Phi) is 3.09. The van der Waals surface area contributed by atoms with Gasteiger partial charge < -0.3 is 10.6 Å². The van der Waals surface area contributed by atoms with E-state index in [1.807, 2.05) is 0 Å². The minimum Gasteiger partial charge on any atom is -0.392 e. The van der Waals surface area contributed by atoms with Gasteiger partial charge in [0, 0.05) is 18.9 Å². The number of hydrogen-bond donors (Lipinski definition) is 1. The van der Waals surface area contributed by atoms with E-state index in [-0.39, 0.29) is 11.9 Å². The number of carbonyl (C=O) groups is 1. The number of thiocarbonyl (C=S) groups is 1. The van der Waals surface area contributed by atoms with Crippen LogP contribution >= 0.6 is 12.2 Å². The fraction of sp³-hybridized carbons (Fsp3) is 0.400. The highest BCUT2D eigenvalue weighted by atomic mass is 32.1. The first-order valence-electron chi connectivity index (χ1n) is 5.05. The number of amides is 1. The van der Waals surface area contributed by atoms with Crippen molar-refractivity contribution in [3.63, 3.8) is 0 Å². The van der Waals surface area contributed by atoms with Gasteiger partial charge in [0.15, 0.2) is 0 Å². The second-order valence-corrected chi connectivity index (χ2v) is 4.16. The molecule has 16 heavy (non-hydrogen) atoms. The molecule has 1 fully saturated rings. The molecule has 1 saturated heterocycles. The summed E-state index contributed by atoms with van der Waals surface area (Å²) in [5, 5.41) is 0. The van der Waals surface area contributed by atoms with E-state index < -0.39 is 0 Å². The summed E-state index contributed by atoms with van der Waals surface area (Å²) in [6.45, 7) is 0.690. The highest BCUT2D eigenvalue weighted by molar-refractivity contribution is 7.80. The number of nitrogens with two attached hydrogens (primary N) is 1. The summed E-state index contributed by atoms with van der Waals surface area (Å²) in [5.41, 5.74) is 6.09. The van der Waals surface area contributed by atoms with Crippen LogP contribution in [0.4, 0.5) is 0 Å². The number of rotatable bonds is 2. The van der Waals surface area contributed by atoms with E-state index in [0.717, 1.165) is 12.8 Å². The van der Waals surface area contributed by atoms with Crippen molar-refractivity contribution in [1.82, 2.24) is 14.9 Å². The van der Waals surface area contributed by atoms with Gasteiger partial charge in [-0.15, -0.1) is 0 Å². The third-order valence-corrected chi connectivity index (χ3v) is 2.92. The summed E-state index contributed by atoms with van der Waals surface area (Å²) >= 11 is 4.95. The average molecular weight is 236 g/mol. The molecule has 0 saturated carbocycles. The molecule has 84 valence electrons. The van der Waals surface area contributed by atoms with Gasteiger partial charge in [-0.2, -0.15) is 0 Å². The standard InChI is InChI=1S/C10H12N4OS/c11-9(16)8-2-1-3-14(8)10(15)7-4-12-6-13-5-7/h4-6,8H,1-3H2,(H2,11,16). The molecule has 1 aromatic rings. The van der Waals surface area contributed by atoms with Gasteiger partial charge in [0.25, 0.3) is 5.91 Å². The molecule has 1 aromatic heterocycles. The van der Waals surface area contributed by atoms with Crippen molar-refractivity contribution in [2.45, 2.75) is 18.9 Å². The van der Waals surface area contributed by atoms with Crippen LogP contribution in [0, 0.1) is 0 Å². The molecule has 6 heteroatoms. The Morgan fingerprint density at radius 2 is 2.19 bits per heavy atom. The van der Waals surface area contributed by atoms with E-state index >= 15 is 0 Å². The molecule has 0 aliphatic carbocycles. The minimum atomic E-state index is -0.122. The molecule has 1 aliphatic rings.